The maximum Gasteiger partial charge on any atom is 0.130 e. The molecule has 1 fully saturated rings. The molecule has 2 atom stereocenters. The molecule has 0 amide bonds. The fourth-order valence-corrected chi connectivity index (χ4v) is 2.48. The lowest BCUT2D eigenvalue weighted by Gasteiger charge is -2.27. The van der Waals surface area contributed by atoms with E-state index in [1.54, 1.807) is 7.11 Å². The predicted molar refractivity (Wildman–Crippen MR) is 62.1 cm³/mol. The van der Waals surface area contributed by atoms with E-state index in [4.69, 9.17) is 10.5 Å². The molecule has 0 bridgehead atoms. The zero-order valence-electron chi connectivity index (χ0n) is 9.58. The fraction of sp³-hybridized carbons (Fsp3) is 0.538. The molecule has 0 spiro atoms. The van der Waals surface area contributed by atoms with Crippen LogP contribution in [-0.4, -0.2) is 13.2 Å². The highest BCUT2D eigenvalue weighted by molar-refractivity contribution is 5.31. The zero-order chi connectivity index (χ0) is 11.5. The van der Waals surface area contributed by atoms with Gasteiger partial charge in [0.2, 0.25) is 0 Å². The van der Waals surface area contributed by atoms with Crippen LogP contribution in [0.3, 0.4) is 0 Å². The Labute approximate surface area is 95.6 Å². The first-order valence-electron chi connectivity index (χ1n) is 5.79. The van der Waals surface area contributed by atoms with Crippen LogP contribution in [0.25, 0.3) is 0 Å². The normalized spacial score (nSPS) is 25.4. The summed E-state index contributed by atoms with van der Waals surface area (Å²) in [5, 5.41) is 0. The molecule has 0 aliphatic heterocycles. The lowest BCUT2D eigenvalue weighted by atomic mass is 9.81. The lowest BCUT2D eigenvalue weighted by molar-refractivity contribution is 0.381. The van der Waals surface area contributed by atoms with Gasteiger partial charge in [0.05, 0.1) is 7.11 Å². The number of hydrogen-bond donors (Lipinski definition) is 1. The van der Waals surface area contributed by atoms with Crippen molar-refractivity contribution in [2.24, 2.45) is 5.73 Å². The van der Waals surface area contributed by atoms with Crippen LogP contribution in [-0.2, 0) is 0 Å². The third kappa shape index (κ3) is 2.35. The highest BCUT2D eigenvalue weighted by Gasteiger charge is 2.23. The van der Waals surface area contributed by atoms with Crippen LogP contribution < -0.4 is 10.5 Å². The third-order valence-corrected chi connectivity index (χ3v) is 3.36. The van der Waals surface area contributed by atoms with Gasteiger partial charge in [0.25, 0.3) is 0 Å². The smallest absolute Gasteiger partial charge is 0.130 e. The molecule has 2 nitrogen and oxygen atoms in total. The van der Waals surface area contributed by atoms with Crippen LogP contribution in [0.2, 0.25) is 0 Å². The van der Waals surface area contributed by atoms with Crippen molar-refractivity contribution < 1.29 is 9.13 Å². The highest BCUT2D eigenvalue weighted by Crippen LogP contribution is 2.34. The summed E-state index contributed by atoms with van der Waals surface area (Å²) < 4.78 is 18.8. The summed E-state index contributed by atoms with van der Waals surface area (Å²) in [5.74, 6) is 0.675. The second-order valence-electron chi connectivity index (χ2n) is 4.51. The molecule has 0 heterocycles. The van der Waals surface area contributed by atoms with Gasteiger partial charge in [0, 0.05) is 12.1 Å². The quantitative estimate of drug-likeness (QED) is 0.836. The minimum Gasteiger partial charge on any atom is -0.497 e. The first kappa shape index (κ1) is 11.4. The van der Waals surface area contributed by atoms with E-state index in [0.29, 0.717) is 5.75 Å². The fourth-order valence-electron chi connectivity index (χ4n) is 2.48. The van der Waals surface area contributed by atoms with Crippen LogP contribution in [0.1, 0.15) is 37.2 Å². The Hall–Kier alpha value is -1.09. The Kier molecular flexibility index (Phi) is 3.44. The highest BCUT2D eigenvalue weighted by atomic mass is 19.1. The molecule has 0 radical (unpaired) electrons. The molecule has 1 aromatic carbocycles. The van der Waals surface area contributed by atoms with Crippen molar-refractivity contribution in [1.29, 1.82) is 0 Å². The molecule has 88 valence electrons. The van der Waals surface area contributed by atoms with Gasteiger partial charge < -0.3 is 10.5 Å². The molecular weight excluding hydrogens is 205 g/mol. The molecule has 2 N–H and O–H groups in total. The molecular formula is C13H18FNO. The summed E-state index contributed by atoms with van der Waals surface area (Å²) in [5.41, 5.74) is 6.71. The Bertz CT molecular complexity index is 367. The summed E-state index contributed by atoms with van der Waals surface area (Å²) in [7, 11) is 1.55. The first-order valence-corrected chi connectivity index (χ1v) is 5.79. The van der Waals surface area contributed by atoms with Crippen LogP contribution in [0.5, 0.6) is 5.75 Å². The number of rotatable bonds is 2. The van der Waals surface area contributed by atoms with Crippen LogP contribution >= 0.6 is 0 Å². The topological polar surface area (TPSA) is 35.2 Å². The van der Waals surface area contributed by atoms with Gasteiger partial charge in [-0.15, -0.1) is 0 Å². The van der Waals surface area contributed by atoms with E-state index in [1.807, 2.05) is 12.1 Å². The molecule has 1 aliphatic rings. The number of halogens is 1. The minimum absolute atomic E-state index is 0.168. The van der Waals surface area contributed by atoms with Crippen molar-refractivity contribution >= 4 is 0 Å². The summed E-state index contributed by atoms with van der Waals surface area (Å²) >= 11 is 0. The van der Waals surface area contributed by atoms with Gasteiger partial charge >= 0.3 is 0 Å². The van der Waals surface area contributed by atoms with Gasteiger partial charge in [-0.3, -0.25) is 0 Å². The Morgan fingerprint density at radius 3 is 2.81 bits per heavy atom. The van der Waals surface area contributed by atoms with Crippen molar-refractivity contribution in [1.82, 2.24) is 0 Å². The SMILES string of the molecule is COc1ccc(C2CCCC(N)C2)c(F)c1. The van der Waals surface area contributed by atoms with Crippen molar-refractivity contribution in [2.45, 2.75) is 37.6 Å². The number of methoxy groups -OCH3 is 1. The maximum absolute atomic E-state index is 13.8. The van der Waals surface area contributed by atoms with Crippen molar-refractivity contribution in [2.75, 3.05) is 7.11 Å². The van der Waals surface area contributed by atoms with Crippen molar-refractivity contribution in [3.8, 4) is 5.75 Å². The zero-order valence-corrected chi connectivity index (χ0v) is 9.58. The van der Waals surface area contributed by atoms with E-state index in [0.717, 1.165) is 31.2 Å². The number of nitrogens with two attached hydrogens (primary N) is 1. The molecule has 2 unspecified atom stereocenters. The first-order chi connectivity index (χ1) is 7.70. The molecule has 1 aliphatic carbocycles. The molecule has 0 saturated heterocycles. The van der Waals surface area contributed by atoms with Crippen LogP contribution in [0, 0.1) is 5.82 Å². The van der Waals surface area contributed by atoms with Crippen molar-refractivity contribution in [3.05, 3.63) is 29.6 Å². The standard InChI is InChI=1S/C13H18FNO/c1-16-11-5-6-12(13(14)8-11)9-3-2-4-10(15)7-9/h5-6,8-10H,2-4,7,15H2,1H3. The van der Waals surface area contributed by atoms with E-state index in [1.165, 1.54) is 6.07 Å². The summed E-state index contributed by atoms with van der Waals surface area (Å²) in [4.78, 5) is 0. The number of ether oxygens (including phenoxy) is 1. The van der Waals surface area contributed by atoms with Gasteiger partial charge in [-0.05, 0) is 36.8 Å². The van der Waals surface area contributed by atoms with E-state index in [2.05, 4.69) is 0 Å². The van der Waals surface area contributed by atoms with E-state index in [9.17, 15) is 4.39 Å². The molecule has 16 heavy (non-hydrogen) atoms. The third-order valence-electron chi connectivity index (χ3n) is 3.36. The van der Waals surface area contributed by atoms with Gasteiger partial charge in [-0.1, -0.05) is 12.5 Å². The Morgan fingerprint density at radius 1 is 1.38 bits per heavy atom. The monoisotopic (exact) mass is 223 g/mol. The van der Waals surface area contributed by atoms with Gasteiger partial charge in [0.15, 0.2) is 0 Å². The second-order valence-corrected chi connectivity index (χ2v) is 4.51. The van der Waals surface area contributed by atoms with Crippen molar-refractivity contribution in [3.63, 3.8) is 0 Å². The molecule has 3 heteroatoms. The minimum atomic E-state index is -0.168. The Balaban J connectivity index is 2.19. The average molecular weight is 223 g/mol. The van der Waals surface area contributed by atoms with Crippen LogP contribution in [0.15, 0.2) is 18.2 Å². The largest absolute Gasteiger partial charge is 0.497 e. The Morgan fingerprint density at radius 2 is 2.19 bits per heavy atom. The lowest BCUT2D eigenvalue weighted by Crippen LogP contribution is -2.27. The van der Waals surface area contributed by atoms with Gasteiger partial charge in [0.1, 0.15) is 11.6 Å². The van der Waals surface area contributed by atoms with Gasteiger partial charge in [-0.2, -0.15) is 0 Å². The molecule has 1 aromatic rings. The number of benzene rings is 1. The maximum atomic E-state index is 13.8. The molecule has 0 aromatic heterocycles. The predicted octanol–water partition coefficient (Wildman–Crippen LogP) is 2.82. The number of hydrogen-bond acceptors (Lipinski definition) is 2. The summed E-state index contributed by atoms with van der Waals surface area (Å²) in [6.45, 7) is 0. The van der Waals surface area contributed by atoms with E-state index < -0.39 is 0 Å². The van der Waals surface area contributed by atoms with E-state index in [-0.39, 0.29) is 17.8 Å². The average Bonchev–Trinajstić information content (AvgIpc) is 2.28. The van der Waals surface area contributed by atoms with Crippen LogP contribution in [0.4, 0.5) is 4.39 Å². The molecule has 1 saturated carbocycles. The summed E-state index contributed by atoms with van der Waals surface area (Å²) in [6.07, 6.45) is 4.09. The molecule has 2 rings (SSSR count). The van der Waals surface area contributed by atoms with E-state index >= 15 is 0 Å². The van der Waals surface area contributed by atoms with Gasteiger partial charge in [-0.25, -0.2) is 4.39 Å². The summed E-state index contributed by atoms with van der Waals surface area (Å²) in [6, 6.07) is 5.32. The second kappa shape index (κ2) is 4.83.